The van der Waals surface area contributed by atoms with Gasteiger partial charge in [-0.3, -0.25) is 14.6 Å². The van der Waals surface area contributed by atoms with Gasteiger partial charge in [0.2, 0.25) is 5.91 Å². The molecule has 0 spiro atoms. The van der Waals surface area contributed by atoms with Crippen molar-refractivity contribution in [3.8, 4) is 0 Å². The van der Waals surface area contributed by atoms with Gasteiger partial charge in [-0.05, 0) is 74.6 Å². The fourth-order valence-electron chi connectivity index (χ4n) is 4.08. The molecule has 0 radical (unpaired) electrons. The van der Waals surface area contributed by atoms with Gasteiger partial charge in [0, 0.05) is 37.4 Å². The Kier molecular flexibility index (Phi) is 6.46. The van der Waals surface area contributed by atoms with E-state index in [0.29, 0.717) is 23.9 Å². The van der Waals surface area contributed by atoms with Crippen LogP contribution in [0.15, 0.2) is 42.6 Å². The Hall–Kier alpha value is -2.69. The van der Waals surface area contributed by atoms with E-state index in [1.807, 2.05) is 24.0 Å². The molecule has 0 bridgehead atoms. The lowest BCUT2D eigenvalue weighted by molar-refractivity contribution is -0.121. The molecular formula is C25H31N3O2. The van der Waals surface area contributed by atoms with Crippen LogP contribution in [0.3, 0.4) is 0 Å². The van der Waals surface area contributed by atoms with E-state index >= 15 is 0 Å². The van der Waals surface area contributed by atoms with E-state index in [4.69, 9.17) is 0 Å². The first-order valence-corrected chi connectivity index (χ1v) is 11.2. The first kappa shape index (κ1) is 20.6. The molecule has 0 atom stereocenters. The van der Waals surface area contributed by atoms with Crippen molar-refractivity contribution in [3.05, 3.63) is 65.0 Å². The molecule has 2 fully saturated rings. The van der Waals surface area contributed by atoms with E-state index < -0.39 is 0 Å². The standard InChI is InChI=1S/C25H31N3O2/c1-18-2-8-22(17-26-18)25(30)28-14-12-21(13-15-28)16-20-5-3-19(4-6-20)7-11-24(29)27-23-9-10-23/h2-6,8,17,21,23H,7,9-16H2,1H3,(H,27,29). The van der Waals surface area contributed by atoms with Crippen molar-refractivity contribution in [1.29, 1.82) is 0 Å². The predicted molar refractivity (Wildman–Crippen MR) is 117 cm³/mol. The highest BCUT2D eigenvalue weighted by Crippen LogP contribution is 2.23. The van der Waals surface area contributed by atoms with Gasteiger partial charge < -0.3 is 10.2 Å². The Morgan fingerprint density at radius 3 is 2.33 bits per heavy atom. The number of hydrogen-bond donors (Lipinski definition) is 1. The van der Waals surface area contributed by atoms with Crippen LogP contribution in [0, 0.1) is 12.8 Å². The van der Waals surface area contributed by atoms with Crippen molar-refractivity contribution in [2.24, 2.45) is 5.92 Å². The minimum absolute atomic E-state index is 0.0935. The highest BCUT2D eigenvalue weighted by atomic mass is 16.2. The number of likely N-dealkylation sites (tertiary alicyclic amines) is 1. The molecule has 2 amide bonds. The lowest BCUT2D eigenvalue weighted by Crippen LogP contribution is -2.39. The maximum atomic E-state index is 12.6. The van der Waals surface area contributed by atoms with Crippen LogP contribution in [-0.2, 0) is 17.6 Å². The molecule has 1 saturated carbocycles. The Morgan fingerprint density at radius 2 is 1.70 bits per heavy atom. The van der Waals surface area contributed by atoms with E-state index in [9.17, 15) is 9.59 Å². The maximum absolute atomic E-state index is 12.6. The minimum atomic E-state index is 0.0935. The number of benzene rings is 1. The molecule has 30 heavy (non-hydrogen) atoms. The molecule has 1 saturated heterocycles. The third-order valence-corrected chi connectivity index (χ3v) is 6.19. The van der Waals surface area contributed by atoms with E-state index in [1.165, 1.54) is 11.1 Å². The molecule has 1 aliphatic heterocycles. The third kappa shape index (κ3) is 5.68. The lowest BCUT2D eigenvalue weighted by atomic mass is 9.89. The number of hydrogen-bond acceptors (Lipinski definition) is 3. The summed E-state index contributed by atoms with van der Waals surface area (Å²) in [6.45, 7) is 3.55. The summed E-state index contributed by atoms with van der Waals surface area (Å²) in [5, 5.41) is 3.04. The van der Waals surface area contributed by atoms with E-state index in [0.717, 1.165) is 57.3 Å². The van der Waals surface area contributed by atoms with Gasteiger partial charge in [-0.15, -0.1) is 0 Å². The van der Waals surface area contributed by atoms with Crippen molar-refractivity contribution in [2.45, 2.75) is 57.9 Å². The van der Waals surface area contributed by atoms with Gasteiger partial charge >= 0.3 is 0 Å². The summed E-state index contributed by atoms with van der Waals surface area (Å²) >= 11 is 0. The number of carbonyl (C=O) groups excluding carboxylic acids is 2. The summed E-state index contributed by atoms with van der Waals surface area (Å²) in [6.07, 6.45) is 8.44. The average molecular weight is 406 g/mol. The van der Waals surface area contributed by atoms with Crippen molar-refractivity contribution in [3.63, 3.8) is 0 Å². The first-order valence-electron chi connectivity index (χ1n) is 11.2. The zero-order valence-electron chi connectivity index (χ0n) is 17.8. The molecule has 158 valence electrons. The van der Waals surface area contributed by atoms with Gasteiger partial charge in [-0.1, -0.05) is 24.3 Å². The number of nitrogens with one attached hydrogen (secondary N) is 1. The Bertz CT molecular complexity index is 864. The second kappa shape index (κ2) is 9.41. The lowest BCUT2D eigenvalue weighted by Gasteiger charge is -2.32. The summed E-state index contributed by atoms with van der Waals surface area (Å²) in [5.74, 6) is 0.876. The second-order valence-corrected chi connectivity index (χ2v) is 8.79. The highest BCUT2D eigenvalue weighted by Gasteiger charge is 2.24. The number of rotatable bonds is 7. The Labute approximate surface area is 178 Å². The minimum Gasteiger partial charge on any atom is -0.353 e. The fourth-order valence-corrected chi connectivity index (χ4v) is 4.08. The molecule has 0 unspecified atom stereocenters. The number of nitrogens with zero attached hydrogens (tertiary/aromatic N) is 2. The maximum Gasteiger partial charge on any atom is 0.255 e. The molecule has 4 rings (SSSR count). The summed E-state index contributed by atoms with van der Waals surface area (Å²) in [5.41, 5.74) is 4.17. The third-order valence-electron chi connectivity index (χ3n) is 6.19. The summed E-state index contributed by atoms with van der Waals surface area (Å²) in [4.78, 5) is 30.7. The molecule has 1 aromatic carbocycles. The number of piperidine rings is 1. The zero-order valence-corrected chi connectivity index (χ0v) is 17.8. The zero-order chi connectivity index (χ0) is 20.9. The molecule has 2 heterocycles. The molecule has 1 aromatic heterocycles. The van der Waals surface area contributed by atoms with E-state index in [2.05, 4.69) is 34.6 Å². The topological polar surface area (TPSA) is 62.3 Å². The summed E-state index contributed by atoms with van der Waals surface area (Å²) in [6, 6.07) is 12.9. The molecule has 1 N–H and O–H groups in total. The van der Waals surface area contributed by atoms with Gasteiger partial charge in [0.1, 0.15) is 0 Å². The fraction of sp³-hybridized carbons (Fsp3) is 0.480. The molecule has 2 aliphatic rings. The van der Waals surface area contributed by atoms with Crippen molar-refractivity contribution in [2.75, 3.05) is 13.1 Å². The van der Waals surface area contributed by atoms with Crippen LogP contribution in [0.25, 0.3) is 0 Å². The van der Waals surface area contributed by atoms with Crippen molar-refractivity contribution >= 4 is 11.8 Å². The SMILES string of the molecule is Cc1ccc(C(=O)N2CCC(Cc3ccc(CCC(=O)NC4CC4)cc3)CC2)cn1. The number of aromatic nitrogens is 1. The quantitative estimate of drug-likeness (QED) is 0.764. The predicted octanol–water partition coefficient (Wildman–Crippen LogP) is 3.70. The van der Waals surface area contributed by atoms with Crippen LogP contribution < -0.4 is 5.32 Å². The van der Waals surface area contributed by atoms with Crippen molar-refractivity contribution in [1.82, 2.24) is 15.2 Å². The summed E-state index contributed by atoms with van der Waals surface area (Å²) in [7, 11) is 0. The van der Waals surface area contributed by atoms with Crippen LogP contribution in [0.2, 0.25) is 0 Å². The van der Waals surface area contributed by atoms with Crippen LogP contribution in [0.4, 0.5) is 0 Å². The number of amides is 2. The number of pyridine rings is 1. The van der Waals surface area contributed by atoms with E-state index in [-0.39, 0.29) is 11.8 Å². The van der Waals surface area contributed by atoms with Gasteiger partial charge in [-0.25, -0.2) is 0 Å². The molecule has 1 aliphatic carbocycles. The normalized spacial score (nSPS) is 17.0. The Balaban J connectivity index is 1.21. The van der Waals surface area contributed by atoms with Gasteiger partial charge in [0.15, 0.2) is 0 Å². The van der Waals surface area contributed by atoms with Crippen LogP contribution in [-0.4, -0.2) is 40.8 Å². The number of carbonyl (C=O) groups is 2. The largest absolute Gasteiger partial charge is 0.353 e. The van der Waals surface area contributed by atoms with Gasteiger partial charge in [0.05, 0.1) is 5.56 Å². The molecule has 5 nitrogen and oxygen atoms in total. The van der Waals surface area contributed by atoms with Crippen LogP contribution >= 0.6 is 0 Å². The average Bonchev–Trinajstić information content (AvgIpc) is 3.58. The summed E-state index contributed by atoms with van der Waals surface area (Å²) < 4.78 is 0. The number of aryl methyl sites for hydroxylation is 2. The smallest absolute Gasteiger partial charge is 0.255 e. The van der Waals surface area contributed by atoms with Gasteiger partial charge in [-0.2, -0.15) is 0 Å². The second-order valence-electron chi connectivity index (χ2n) is 8.79. The molecule has 5 heteroatoms. The highest BCUT2D eigenvalue weighted by molar-refractivity contribution is 5.94. The molecule has 2 aromatic rings. The Morgan fingerprint density at radius 1 is 1.00 bits per heavy atom. The van der Waals surface area contributed by atoms with Crippen molar-refractivity contribution < 1.29 is 9.59 Å². The van der Waals surface area contributed by atoms with Gasteiger partial charge in [0.25, 0.3) is 5.91 Å². The van der Waals surface area contributed by atoms with E-state index in [1.54, 1.807) is 6.20 Å². The van der Waals surface area contributed by atoms with Crippen LogP contribution in [0.1, 0.15) is 59.3 Å². The first-order chi connectivity index (χ1) is 14.6. The molecular weight excluding hydrogens is 374 g/mol. The van der Waals surface area contributed by atoms with Crippen LogP contribution in [0.5, 0.6) is 0 Å². The monoisotopic (exact) mass is 405 g/mol.